The van der Waals surface area contributed by atoms with E-state index in [0.717, 1.165) is 68.1 Å². The van der Waals surface area contributed by atoms with Crippen LogP contribution in [0.3, 0.4) is 0 Å². The third-order valence-corrected chi connectivity index (χ3v) is 11.5. The average Bonchev–Trinajstić information content (AvgIpc) is 3.51. The highest BCUT2D eigenvalue weighted by Crippen LogP contribution is 2.46. The Balaban J connectivity index is 1.51. The first-order valence-electron chi connectivity index (χ1n) is 16.8. The van der Waals surface area contributed by atoms with E-state index in [1.807, 2.05) is 25.2 Å². The Morgan fingerprint density at radius 1 is 0.857 bits per heavy atom. The van der Waals surface area contributed by atoms with Gasteiger partial charge in [-0.15, -0.1) is 0 Å². The zero-order chi connectivity index (χ0) is 29.4. The summed E-state index contributed by atoms with van der Waals surface area (Å²) in [6.45, 7) is 6.69. The fourth-order valence-electron chi connectivity index (χ4n) is 7.96. The lowest BCUT2D eigenvalue weighted by atomic mass is 9.76. The number of rotatable bonds is 11. The Hall–Kier alpha value is -1.73. The quantitative estimate of drug-likeness (QED) is 0.188. The molecular formula is C36H52O5S. The normalized spacial score (nSPS) is 23.5. The van der Waals surface area contributed by atoms with E-state index in [2.05, 4.69) is 18.7 Å². The molecule has 0 radical (unpaired) electrons. The van der Waals surface area contributed by atoms with Crippen molar-refractivity contribution in [1.82, 2.24) is 0 Å². The number of benzene rings is 1. The SMILES string of the molecule is C=C/C=C(\C=C/C)C1(CCOS(=O)(=O)c2c(C3CCCCC3)cc(C3CCCCC3)cc2C2CCCCC2)OCCO1. The van der Waals surface area contributed by atoms with Gasteiger partial charge in [0.15, 0.2) is 5.79 Å². The molecule has 0 aromatic heterocycles. The van der Waals surface area contributed by atoms with Crippen molar-refractivity contribution in [1.29, 1.82) is 0 Å². The minimum atomic E-state index is -4.01. The third kappa shape index (κ3) is 7.31. The molecule has 5 rings (SSSR count). The van der Waals surface area contributed by atoms with Crippen LogP contribution in [-0.2, 0) is 23.8 Å². The van der Waals surface area contributed by atoms with Crippen LogP contribution in [0.2, 0.25) is 0 Å². The van der Waals surface area contributed by atoms with E-state index in [4.69, 9.17) is 13.7 Å². The lowest BCUT2D eigenvalue weighted by molar-refractivity contribution is -0.132. The molecule has 3 saturated carbocycles. The highest BCUT2D eigenvalue weighted by atomic mass is 32.2. The van der Waals surface area contributed by atoms with E-state index >= 15 is 0 Å². The summed E-state index contributed by atoms with van der Waals surface area (Å²) in [6, 6.07) is 4.60. The van der Waals surface area contributed by atoms with Gasteiger partial charge in [-0.2, -0.15) is 8.42 Å². The molecule has 0 amide bonds. The molecular weight excluding hydrogens is 544 g/mol. The predicted octanol–water partition coefficient (Wildman–Crippen LogP) is 9.36. The molecule has 0 bridgehead atoms. The minimum Gasteiger partial charge on any atom is -0.343 e. The van der Waals surface area contributed by atoms with Crippen molar-refractivity contribution in [2.75, 3.05) is 19.8 Å². The highest BCUT2D eigenvalue weighted by molar-refractivity contribution is 7.86. The summed E-state index contributed by atoms with van der Waals surface area (Å²) in [5, 5.41) is 0. The lowest BCUT2D eigenvalue weighted by Gasteiger charge is -2.32. The molecule has 6 heteroatoms. The molecule has 1 aromatic rings. The average molecular weight is 597 g/mol. The monoisotopic (exact) mass is 596 g/mol. The van der Waals surface area contributed by atoms with Crippen LogP contribution < -0.4 is 0 Å². The molecule has 232 valence electrons. The van der Waals surface area contributed by atoms with Crippen LogP contribution in [-0.4, -0.2) is 34.0 Å². The molecule has 1 heterocycles. The molecule has 4 aliphatic rings. The van der Waals surface area contributed by atoms with E-state index in [1.54, 1.807) is 6.08 Å². The van der Waals surface area contributed by atoms with Crippen molar-refractivity contribution >= 4 is 10.1 Å². The summed E-state index contributed by atoms with van der Waals surface area (Å²) in [6.07, 6.45) is 25.4. The fraction of sp³-hybridized carbons (Fsp3) is 0.667. The first-order chi connectivity index (χ1) is 20.5. The zero-order valence-corrected chi connectivity index (χ0v) is 26.6. The van der Waals surface area contributed by atoms with Crippen molar-refractivity contribution in [3.05, 3.63) is 65.3 Å². The number of hydrogen-bond acceptors (Lipinski definition) is 5. The van der Waals surface area contributed by atoms with Crippen LogP contribution in [0.15, 0.2) is 53.5 Å². The third-order valence-electron chi connectivity index (χ3n) is 10.1. The molecule has 4 fully saturated rings. The standard InChI is InChI=1S/C36H52O5S/c1-3-14-32(15-4-2)36(39-24-25-40-36)22-23-41-42(37,38)35-33(29-18-10-6-11-19-29)26-31(28-16-8-5-9-17-28)27-34(35)30-20-12-7-13-21-30/h3-4,14-15,26-30H,1,5-13,16-25H2,2H3/b15-4-,32-14+. The molecule has 1 aromatic carbocycles. The molecule has 1 aliphatic heterocycles. The van der Waals surface area contributed by atoms with Crippen molar-refractivity contribution in [2.24, 2.45) is 0 Å². The topological polar surface area (TPSA) is 61.8 Å². The molecule has 0 N–H and O–H groups in total. The van der Waals surface area contributed by atoms with Crippen LogP contribution in [0.25, 0.3) is 0 Å². The first-order valence-corrected chi connectivity index (χ1v) is 18.2. The summed E-state index contributed by atoms with van der Waals surface area (Å²) in [7, 11) is -4.01. The van der Waals surface area contributed by atoms with Crippen molar-refractivity contribution < 1.29 is 22.1 Å². The second kappa shape index (κ2) is 14.8. The van der Waals surface area contributed by atoms with Crippen molar-refractivity contribution in [3.63, 3.8) is 0 Å². The molecule has 0 atom stereocenters. The van der Waals surface area contributed by atoms with Crippen molar-refractivity contribution in [3.8, 4) is 0 Å². The van der Waals surface area contributed by atoms with Crippen LogP contribution in [0.4, 0.5) is 0 Å². The Labute approximate surface area is 254 Å². The lowest BCUT2D eigenvalue weighted by Crippen LogP contribution is -2.34. The number of ether oxygens (including phenoxy) is 2. The van der Waals surface area contributed by atoms with Gasteiger partial charge >= 0.3 is 0 Å². The van der Waals surface area contributed by atoms with Crippen molar-refractivity contribution in [2.45, 2.75) is 138 Å². The smallest absolute Gasteiger partial charge is 0.297 e. The minimum absolute atomic E-state index is 0.00698. The summed E-state index contributed by atoms with van der Waals surface area (Å²) >= 11 is 0. The Morgan fingerprint density at radius 3 is 1.83 bits per heavy atom. The maximum Gasteiger partial charge on any atom is 0.297 e. The summed E-state index contributed by atoms with van der Waals surface area (Å²) in [5.41, 5.74) is 4.29. The second-order valence-electron chi connectivity index (χ2n) is 12.9. The Kier molecular flexibility index (Phi) is 11.2. The molecule has 0 spiro atoms. The molecule has 0 unspecified atom stereocenters. The van der Waals surface area contributed by atoms with Gasteiger partial charge in [-0.1, -0.05) is 101 Å². The zero-order valence-electron chi connectivity index (χ0n) is 25.8. The van der Waals surface area contributed by atoms with Crippen LogP contribution in [0.5, 0.6) is 0 Å². The van der Waals surface area contributed by atoms with E-state index in [0.29, 0.717) is 24.0 Å². The van der Waals surface area contributed by atoms with E-state index < -0.39 is 15.9 Å². The maximum atomic E-state index is 14.4. The predicted molar refractivity (Wildman–Crippen MR) is 169 cm³/mol. The van der Waals surface area contributed by atoms with E-state index in [9.17, 15) is 8.42 Å². The largest absolute Gasteiger partial charge is 0.343 e. The van der Waals surface area contributed by atoms with E-state index in [1.165, 1.54) is 50.5 Å². The van der Waals surface area contributed by atoms with Crippen LogP contribution in [0, 0.1) is 0 Å². The summed E-state index contributed by atoms with van der Waals surface area (Å²) < 4.78 is 47.0. The van der Waals surface area contributed by atoms with Gasteiger partial charge in [-0.05, 0) is 79.9 Å². The van der Waals surface area contributed by atoms with Gasteiger partial charge in [0, 0.05) is 12.0 Å². The maximum absolute atomic E-state index is 14.4. The second-order valence-corrected chi connectivity index (χ2v) is 14.4. The fourth-order valence-corrected chi connectivity index (χ4v) is 9.41. The first kappa shape index (κ1) is 31.7. The van der Waals surface area contributed by atoms with Gasteiger partial charge < -0.3 is 9.47 Å². The Bertz CT molecular complexity index is 1170. The van der Waals surface area contributed by atoms with Gasteiger partial charge in [0.05, 0.1) is 19.8 Å². The molecule has 5 nitrogen and oxygen atoms in total. The van der Waals surface area contributed by atoms with E-state index in [-0.39, 0.29) is 24.9 Å². The van der Waals surface area contributed by atoms with Gasteiger partial charge in [0.25, 0.3) is 10.1 Å². The molecule has 3 aliphatic carbocycles. The van der Waals surface area contributed by atoms with Gasteiger partial charge in [0.1, 0.15) is 4.90 Å². The summed E-state index contributed by atoms with van der Waals surface area (Å²) in [4.78, 5) is 0.499. The van der Waals surface area contributed by atoms with Crippen LogP contribution in [0.1, 0.15) is 144 Å². The van der Waals surface area contributed by atoms with Gasteiger partial charge in [0.2, 0.25) is 0 Å². The van der Waals surface area contributed by atoms with Crippen LogP contribution >= 0.6 is 0 Å². The number of allylic oxidation sites excluding steroid dienone is 3. The summed E-state index contributed by atoms with van der Waals surface area (Å²) in [5.74, 6) is 0.0732. The molecule has 1 saturated heterocycles. The number of hydrogen-bond donors (Lipinski definition) is 0. The highest BCUT2D eigenvalue weighted by Gasteiger charge is 2.40. The van der Waals surface area contributed by atoms with Gasteiger partial charge in [-0.25, -0.2) is 0 Å². The Morgan fingerprint density at radius 2 is 1.36 bits per heavy atom. The van der Waals surface area contributed by atoms with Gasteiger partial charge in [-0.3, -0.25) is 4.18 Å². The molecule has 42 heavy (non-hydrogen) atoms.